The summed E-state index contributed by atoms with van der Waals surface area (Å²) in [5.74, 6) is -0.242. The lowest BCUT2D eigenvalue weighted by molar-refractivity contribution is -0.137. The molecular formula is C25H31N3O2S. The van der Waals surface area contributed by atoms with Crippen LogP contribution >= 0.6 is 11.3 Å². The van der Waals surface area contributed by atoms with Crippen LogP contribution in [0.5, 0.6) is 0 Å². The van der Waals surface area contributed by atoms with Crippen molar-refractivity contribution < 1.29 is 9.59 Å². The van der Waals surface area contributed by atoms with Gasteiger partial charge in [-0.15, -0.1) is 11.3 Å². The predicted octanol–water partition coefficient (Wildman–Crippen LogP) is 4.54. The number of carbonyl (C=O) groups is 2. The number of aryl methyl sites for hydroxylation is 1. The third-order valence-electron chi connectivity index (χ3n) is 6.11. The molecule has 1 fully saturated rings. The highest BCUT2D eigenvalue weighted by molar-refractivity contribution is 7.11. The van der Waals surface area contributed by atoms with E-state index in [9.17, 15) is 9.59 Å². The zero-order valence-corrected chi connectivity index (χ0v) is 19.3. The number of rotatable bonds is 8. The molecule has 6 heteroatoms. The van der Waals surface area contributed by atoms with E-state index >= 15 is 0 Å². The summed E-state index contributed by atoms with van der Waals surface area (Å²) >= 11 is 1.53. The normalized spacial score (nSPS) is 17.3. The molecule has 164 valence electrons. The van der Waals surface area contributed by atoms with Crippen LogP contribution in [0, 0.1) is 6.92 Å². The fourth-order valence-corrected chi connectivity index (χ4v) is 5.17. The van der Waals surface area contributed by atoms with Crippen molar-refractivity contribution in [3.8, 4) is 0 Å². The molecule has 0 N–H and O–H groups in total. The lowest BCUT2D eigenvalue weighted by atomic mass is 10.1. The van der Waals surface area contributed by atoms with Gasteiger partial charge in [0.2, 0.25) is 0 Å². The van der Waals surface area contributed by atoms with E-state index in [1.807, 2.05) is 17.5 Å². The quantitative estimate of drug-likeness (QED) is 0.449. The lowest BCUT2D eigenvalue weighted by Gasteiger charge is -2.37. The highest BCUT2D eigenvalue weighted by Gasteiger charge is 2.42. The number of thiophene rings is 1. The molecule has 0 bridgehead atoms. The molecule has 0 aliphatic carbocycles. The molecule has 0 atom stereocenters. The fraction of sp³-hybridized carbons (Fsp3) is 0.440. The van der Waals surface area contributed by atoms with Gasteiger partial charge in [-0.3, -0.25) is 14.5 Å². The largest absolute Gasteiger partial charge is 0.368 e. The van der Waals surface area contributed by atoms with Crippen molar-refractivity contribution in [2.45, 2.75) is 39.5 Å². The van der Waals surface area contributed by atoms with Crippen molar-refractivity contribution in [2.24, 2.45) is 0 Å². The van der Waals surface area contributed by atoms with Gasteiger partial charge in [0.15, 0.2) is 0 Å². The molecule has 4 rings (SSSR count). The first-order chi connectivity index (χ1) is 15.1. The van der Waals surface area contributed by atoms with Crippen LogP contribution in [0.3, 0.4) is 0 Å². The number of imide groups is 1. The highest BCUT2D eigenvalue weighted by Crippen LogP contribution is 2.35. The van der Waals surface area contributed by atoms with Crippen LogP contribution in [0.25, 0.3) is 5.57 Å². The summed E-state index contributed by atoms with van der Waals surface area (Å²) < 4.78 is 0. The van der Waals surface area contributed by atoms with Crippen LogP contribution in [0.1, 0.15) is 43.0 Å². The third kappa shape index (κ3) is 4.54. The number of anilines is 1. The number of benzene rings is 1. The van der Waals surface area contributed by atoms with Crippen LogP contribution in [0.15, 0.2) is 47.5 Å². The van der Waals surface area contributed by atoms with Gasteiger partial charge in [-0.1, -0.05) is 44.4 Å². The minimum atomic E-state index is -0.125. The minimum Gasteiger partial charge on any atom is -0.368 e. The van der Waals surface area contributed by atoms with Crippen LogP contribution in [-0.2, 0) is 9.59 Å². The first-order valence-electron chi connectivity index (χ1n) is 11.3. The monoisotopic (exact) mass is 437 g/mol. The molecule has 1 aromatic heterocycles. The maximum atomic E-state index is 13.4. The number of nitrogens with zero attached hydrogens (tertiary/aromatic N) is 3. The summed E-state index contributed by atoms with van der Waals surface area (Å²) in [4.78, 5) is 33.5. The van der Waals surface area contributed by atoms with Gasteiger partial charge in [-0.2, -0.15) is 0 Å². The topological polar surface area (TPSA) is 43.9 Å². The van der Waals surface area contributed by atoms with Crippen molar-refractivity contribution in [2.75, 3.05) is 37.6 Å². The van der Waals surface area contributed by atoms with E-state index < -0.39 is 0 Å². The van der Waals surface area contributed by atoms with Gasteiger partial charge in [0, 0.05) is 43.3 Å². The molecular weight excluding hydrogens is 406 g/mol. The van der Waals surface area contributed by atoms with Gasteiger partial charge in [0.25, 0.3) is 11.8 Å². The molecule has 0 radical (unpaired) electrons. The van der Waals surface area contributed by atoms with Crippen molar-refractivity contribution in [3.05, 3.63) is 57.9 Å². The number of amides is 2. The minimum absolute atomic E-state index is 0.117. The molecule has 0 saturated carbocycles. The van der Waals surface area contributed by atoms with E-state index in [0.717, 1.165) is 56.7 Å². The average molecular weight is 438 g/mol. The number of piperazine rings is 1. The summed E-state index contributed by atoms with van der Waals surface area (Å²) in [5, 5.41) is 1.97. The van der Waals surface area contributed by atoms with Gasteiger partial charge >= 0.3 is 0 Å². The number of carbonyl (C=O) groups excluding carboxylic acids is 2. The highest BCUT2D eigenvalue weighted by atomic mass is 32.1. The van der Waals surface area contributed by atoms with E-state index in [2.05, 4.69) is 47.9 Å². The summed E-state index contributed by atoms with van der Waals surface area (Å²) in [6.45, 7) is 7.93. The molecule has 3 heterocycles. The van der Waals surface area contributed by atoms with Gasteiger partial charge < -0.3 is 9.80 Å². The van der Waals surface area contributed by atoms with Crippen molar-refractivity contribution >= 4 is 34.4 Å². The number of hydrogen-bond acceptors (Lipinski definition) is 5. The molecule has 2 aliphatic heterocycles. The Morgan fingerprint density at radius 2 is 1.68 bits per heavy atom. The molecule has 0 unspecified atom stereocenters. The second kappa shape index (κ2) is 9.69. The maximum Gasteiger partial charge on any atom is 0.277 e. The van der Waals surface area contributed by atoms with E-state index in [1.54, 1.807) is 0 Å². The zero-order chi connectivity index (χ0) is 21.8. The van der Waals surface area contributed by atoms with Crippen molar-refractivity contribution in [3.63, 3.8) is 0 Å². The van der Waals surface area contributed by atoms with E-state index in [1.165, 1.54) is 27.5 Å². The maximum absolute atomic E-state index is 13.4. The third-order valence-corrected chi connectivity index (χ3v) is 7.00. The Morgan fingerprint density at radius 3 is 2.35 bits per heavy atom. The average Bonchev–Trinajstić information content (AvgIpc) is 3.38. The SMILES string of the molecule is CCCCCCN1C(=O)C(c2cccs2)=C(N2CCN(c3cccc(C)c3)CC2)C1=O. The van der Waals surface area contributed by atoms with E-state index in [0.29, 0.717) is 17.8 Å². The molecule has 2 amide bonds. The van der Waals surface area contributed by atoms with Gasteiger partial charge in [-0.05, 0) is 42.5 Å². The molecule has 1 saturated heterocycles. The van der Waals surface area contributed by atoms with Crippen LogP contribution in [-0.4, -0.2) is 54.3 Å². The molecule has 31 heavy (non-hydrogen) atoms. The second-order valence-electron chi connectivity index (χ2n) is 8.34. The Balaban J connectivity index is 1.53. The van der Waals surface area contributed by atoms with Crippen LogP contribution in [0.2, 0.25) is 0 Å². The van der Waals surface area contributed by atoms with Crippen molar-refractivity contribution in [1.29, 1.82) is 0 Å². The van der Waals surface area contributed by atoms with Gasteiger partial charge in [0.05, 0.1) is 5.57 Å². The number of unbranched alkanes of at least 4 members (excludes halogenated alkanes) is 3. The van der Waals surface area contributed by atoms with E-state index in [4.69, 9.17) is 0 Å². The van der Waals surface area contributed by atoms with Crippen LogP contribution in [0.4, 0.5) is 5.69 Å². The summed E-state index contributed by atoms with van der Waals surface area (Å²) in [5.41, 5.74) is 3.67. The Labute approximate surface area is 189 Å². The van der Waals surface area contributed by atoms with E-state index in [-0.39, 0.29) is 11.8 Å². The molecule has 0 spiro atoms. The Hall–Kier alpha value is -2.60. The molecule has 1 aromatic carbocycles. The Morgan fingerprint density at radius 1 is 0.903 bits per heavy atom. The standard InChI is InChI=1S/C25H31N3O2S/c1-3-4-5-6-12-28-24(29)22(21-11-8-17-31-21)23(25(28)30)27-15-13-26(14-16-27)20-10-7-9-19(2)18-20/h7-11,17-18H,3-6,12-16H2,1-2H3. The fourth-order valence-electron chi connectivity index (χ4n) is 4.41. The predicted molar refractivity (Wildman–Crippen MR) is 127 cm³/mol. The number of hydrogen-bond donors (Lipinski definition) is 0. The Kier molecular flexibility index (Phi) is 6.76. The summed E-state index contributed by atoms with van der Waals surface area (Å²) in [6.07, 6.45) is 4.19. The first-order valence-corrected chi connectivity index (χ1v) is 12.2. The summed E-state index contributed by atoms with van der Waals surface area (Å²) in [6, 6.07) is 12.4. The summed E-state index contributed by atoms with van der Waals surface area (Å²) in [7, 11) is 0. The van der Waals surface area contributed by atoms with Gasteiger partial charge in [-0.25, -0.2) is 0 Å². The van der Waals surface area contributed by atoms with Crippen molar-refractivity contribution in [1.82, 2.24) is 9.80 Å². The second-order valence-corrected chi connectivity index (χ2v) is 9.28. The lowest BCUT2D eigenvalue weighted by Crippen LogP contribution is -2.47. The molecule has 5 nitrogen and oxygen atoms in total. The zero-order valence-electron chi connectivity index (χ0n) is 18.5. The smallest absolute Gasteiger partial charge is 0.277 e. The molecule has 2 aromatic rings. The van der Waals surface area contributed by atoms with Crippen LogP contribution < -0.4 is 4.90 Å². The first kappa shape index (κ1) is 21.6. The Bertz CT molecular complexity index is 959. The molecule has 2 aliphatic rings. The van der Waals surface area contributed by atoms with Gasteiger partial charge in [0.1, 0.15) is 5.70 Å².